The molecule has 2 N–H and O–H groups in total. The van der Waals surface area contributed by atoms with Gasteiger partial charge in [0.05, 0.1) is 0 Å². The monoisotopic (exact) mass is 430 g/mol. The molecule has 32 heavy (non-hydrogen) atoms. The van der Waals surface area contributed by atoms with Gasteiger partial charge in [0.2, 0.25) is 0 Å². The fourth-order valence-electron chi connectivity index (χ4n) is 4.46. The van der Waals surface area contributed by atoms with Gasteiger partial charge in [-0.1, -0.05) is 30.3 Å². The Kier molecular flexibility index (Phi) is 5.41. The maximum atomic E-state index is 13.6. The number of aryl methyl sites for hydroxylation is 1. The number of aromatic hydroxyl groups is 1. The largest absolute Gasteiger partial charge is 0.505 e. The van der Waals surface area contributed by atoms with Crippen LogP contribution in [-0.4, -0.2) is 58.1 Å². The van der Waals surface area contributed by atoms with E-state index in [-0.39, 0.29) is 5.75 Å². The Hall–Kier alpha value is -3.22. The van der Waals surface area contributed by atoms with E-state index >= 15 is 0 Å². The van der Waals surface area contributed by atoms with Crippen LogP contribution in [0.3, 0.4) is 0 Å². The molecule has 164 valence electrons. The molecule has 6 heteroatoms. The average Bonchev–Trinajstić information content (AvgIpc) is 3.13. The predicted molar refractivity (Wildman–Crippen MR) is 126 cm³/mol. The van der Waals surface area contributed by atoms with Gasteiger partial charge >= 0.3 is 0 Å². The molecular weight excluding hydrogens is 403 g/mol. The Morgan fingerprint density at radius 3 is 2.41 bits per heavy atom. The molecule has 1 fully saturated rings. The zero-order valence-corrected chi connectivity index (χ0v) is 18.4. The first-order valence-electron chi connectivity index (χ1n) is 11.0. The van der Waals surface area contributed by atoms with Crippen LogP contribution in [0.25, 0.3) is 33.3 Å². The summed E-state index contributed by atoms with van der Waals surface area (Å²) in [5.74, 6) is -0.974. The van der Waals surface area contributed by atoms with Crippen molar-refractivity contribution in [2.24, 2.45) is 0 Å². The number of piperazine rings is 1. The van der Waals surface area contributed by atoms with Crippen LogP contribution < -0.4 is 0 Å². The van der Waals surface area contributed by atoms with Gasteiger partial charge in [0.1, 0.15) is 5.65 Å². The van der Waals surface area contributed by atoms with Gasteiger partial charge in [-0.05, 0) is 48.9 Å². The summed E-state index contributed by atoms with van der Waals surface area (Å²) in [5.41, 5.74) is 6.83. The van der Waals surface area contributed by atoms with Crippen LogP contribution in [0.4, 0.5) is 4.39 Å². The van der Waals surface area contributed by atoms with Crippen LogP contribution in [-0.2, 0) is 6.54 Å². The first-order chi connectivity index (χ1) is 15.5. The summed E-state index contributed by atoms with van der Waals surface area (Å²) in [7, 11) is 2.17. The fraction of sp³-hybridized carbons (Fsp3) is 0.269. The lowest BCUT2D eigenvalue weighted by Gasteiger charge is -2.32. The molecule has 2 aromatic carbocycles. The van der Waals surface area contributed by atoms with Crippen molar-refractivity contribution in [3.05, 3.63) is 71.8 Å². The Morgan fingerprint density at radius 2 is 1.69 bits per heavy atom. The Morgan fingerprint density at radius 1 is 0.969 bits per heavy atom. The molecule has 1 aliphatic rings. The van der Waals surface area contributed by atoms with E-state index < -0.39 is 5.82 Å². The number of aromatic nitrogens is 2. The minimum absolute atomic E-state index is 0.351. The molecule has 2 aromatic heterocycles. The van der Waals surface area contributed by atoms with Crippen molar-refractivity contribution in [1.29, 1.82) is 0 Å². The molecule has 5 rings (SSSR count). The molecule has 0 amide bonds. The van der Waals surface area contributed by atoms with E-state index in [1.54, 1.807) is 6.07 Å². The minimum atomic E-state index is -0.623. The van der Waals surface area contributed by atoms with E-state index in [1.165, 1.54) is 17.7 Å². The molecule has 0 atom stereocenters. The van der Waals surface area contributed by atoms with Gasteiger partial charge in [-0.15, -0.1) is 0 Å². The highest BCUT2D eigenvalue weighted by atomic mass is 19.1. The van der Waals surface area contributed by atoms with Crippen LogP contribution in [0.5, 0.6) is 5.75 Å². The number of aromatic amines is 1. The van der Waals surface area contributed by atoms with Gasteiger partial charge in [-0.25, -0.2) is 9.37 Å². The second-order valence-corrected chi connectivity index (χ2v) is 8.69. The Bertz CT molecular complexity index is 1260. The normalized spacial score (nSPS) is 15.5. The van der Waals surface area contributed by atoms with Crippen LogP contribution in [0.2, 0.25) is 0 Å². The van der Waals surface area contributed by atoms with E-state index in [0.717, 1.165) is 71.7 Å². The molecule has 0 aliphatic carbocycles. The van der Waals surface area contributed by atoms with Gasteiger partial charge in [0.25, 0.3) is 0 Å². The van der Waals surface area contributed by atoms with Crippen LogP contribution in [0, 0.1) is 12.7 Å². The van der Waals surface area contributed by atoms with Gasteiger partial charge in [0, 0.05) is 61.1 Å². The fourth-order valence-corrected chi connectivity index (χ4v) is 4.46. The van der Waals surface area contributed by atoms with Crippen molar-refractivity contribution in [1.82, 2.24) is 19.8 Å². The SMILES string of the molecule is Cc1[nH]c2ncc(-c3ccc(CN4CCN(C)CC4)cc3)cc2c1-c1ccc(F)c(O)c1. The van der Waals surface area contributed by atoms with Gasteiger partial charge in [-0.2, -0.15) is 0 Å². The number of hydrogen-bond donors (Lipinski definition) is 2. The van der Waals surface area contributed by atoms with E-state index in [2.05, 4.69) is 57.1 Å². The highest BCUT2D eigenvalue weighted by molar-refractivity contribution is 5.97. The van der Waals surface area contributed by atoms with Crippen molar-refractivity contribution in [3.8, 4) is 28.0 Å². The minimum Gasteiger partial charge on any atom is -0.505 e. The number of nitrogens with zero attached hydrogens (tertiary/aromatic N) is 3. The summed E-state index contributed by atoms with van der Waals surface area (Å²) in [6.45, 7) is 7.38. The Balaban J connectivity index is 1.44. The molecule has 0 radical (unpaired) electrons. The van der Waals surface area contributed by atoms with Crippen molar-refractivity contribution in [2.75, 3.05) is 33.2 Å². The molecule has 5 nitrogen and oxygen atoms in total. The third-order valence-electron chi connectivity index (χ3n) is 6.36. The molecule has 4 aromatic rings. The quantitative estimate of drug-likeness (QED) is 0.488. The summed E-state index contributed by atoms with van der Waals surface area (Å²) in [6.07, 6.45) is 1.87. The number of fused-ring (bicyclic) bond motifs is 1. The zero-order valence-electron chi connectivity index (χ0n) is 18.4. The molecular formula is C26H27FN4O. The van der Waals surface area contributed by atoms with Crippen LogP contribution >= 0.6 is 0 Å². The second-order valence-electron chi connectivity index (χ2n) is 8.69. The Labute approximate surface area is 187 Å². The van der Waals surface area contributed by atoms with E-state index in [4.69, 9.17) is 0 Å². The van der Waals surface area contributed by atoms with Crippen LogP contribution in [0.15, 0.2) is 54.7 Å². The number of nitrogens with one attached hydrogen (secondary N) is 1. The number of hydrogen-bond acceptors (Lipinski definition) is 4. The third kappa shape index (κ3) is 3.99. The summed E-state index contributed by atoms with van der Waals surface area (Å²) < 4.78 is 13.6. The highest BCUT2D eigenvalue weighted by Gasteiger charge is 2.16. The van der Waals surface area contributed by atoms with Crippen molar-refractivity contribution < 1.29 is 9.50 Å². The summed E-state index contributed by atoms with van der Waals surface area (Å²) in [6, 6.07) is 15.2. The first kappa shape index (κ1) is 20.7. The number of phenols is 1. The maximum Gasteiger partial charge on any atom is 0.164 e. The smallest absolute Gasteiger partial charge is 0.164 e. The van der Waals surface area contributed by atoms with Crippen molar-refractivity contribution in [3.63, 3.8) is 0 Å². The number of pyridine rings is 1. The van der Waals surface area contributed by atoms with Gasteiger partial charge in [-0.3, -0.25) is 4.90 Å². The summed E-state index contributed by atoms with van der Waals surface area (Å²) in [4.78, 5) is 12.8. The molecule has 0 unspecified atom stereocenters. The van der Waals surface area contributed by atoms with E-state index in [0.29, 0.717) is 0 Å². The number of H-pyrrole nitrogens is 1. The molecule has 1 saturated heterocycles. The average molecular weight is 431 g/mol. The summed E-state index contributed by atoms with van der Waals surface area (Å²) >= 11 is 0. The number of rotatable bonds is 4. The first-order valence-corrected chi connectivity index (χ1v) is 11.0. The molecule has 1 aliphatic heterocycles. The maximum absolute atomic E-state index is 13.6. The lowest BCUT2D eigenvalue weighted by atomic mass is 9.99. The van der Waals surface area contributed by atoms with Crippen LogP contribution in [0.1, 0.15) is 11.3 Å². The summed E-state index contributed by atoms with van der Waals surface area (Å²) in [5, 5.41) is 10.8. The predicted octanol–water partition coefficient (Wildman–Crippen LogP) is 4.80. The van der Waals surface area contributed by atoms with Gasteiger partial charge in [0.15, 0.2) is 11.6 Å². The molecule has 0 bridgehead atoms. The third-order valence-corrected chi connectivity index (χ3v) is 6.36. The van der Waals surface area contributed by atoms with Gasteiger partial charge < -0.3 is 15.0 Å². The number of phenolic OH excluding ortho intramolecular Hbond substituents is 1. The molecule has 3 heterocycles. The number of benzene rings is 2. The number of halogens is 1. The molecule has 0 spiro atoms. The zero-order chi connectivity index (χ0) is 22.2. The highest BCUT2D eigenvalue weighted by Crippen LogP contribution is 2.35. The number of likely N-dealkylation sites (N-methyl/N-ethyl adjacent to an activating group) is 1. The standard InChI is InChI=1S/C26H27FN4O/c1-17-25(20-7-8-23(27)24(32)14-20)22-13-21(15-28-26(22)29-17)19-5-3-18(4-6-19)16-31-11-9-30(2)10-12-31/h3-8,13-15,32H,9-12,16H2,1-2H3,(H,28,29). The lowest BCUT2D eigenvalue weighted by Crippen LogP contribution is -2.43. The van der Waals surface area contributed by atoms with E-state index in [9.17, 15) is 9.50 Å². The topological polar surface area (TPSA) is 55.4 Å². The van der Waals surface area contributed by atoms with Crippen molar-refractivity contribution >= 4 is 11.0 Å². The van der Waals surface area contributed by atoms with E-state index in [1.807, 2.05) is 13.1 Å². The van der Waals surface area contributed by atoms with Crippen molar-refractivity contribution in [2.45, 2.75) is 13.5 Å². The molecule has 0 saturated carbocycles. The lowest BCUT2D eigenvalue weighted by molar-refractivity contribution is 0.148. The second kappa shape index (κ2) is 8.37.